The van der Waals surface area contributed by atoms with Crippen LogP contribution in [0.15, 0.2) is 29.2 Å². The number of thioether (sulfide) groups is 1. The van der Waals surface area contributed by atoms with Crippen molar-refractivity contribution in [3.8, 4) is 0 Å². The summed E-state index contributed by atoms with van der Waals surface area (Å²) in [6, 6.07) is 7.83. The third-order valence-electron chi connectivity index (χ3n) is 2.45. The van der Waals surface area contributed by atoms with Gasteiger partial charge in [-0.25, -0.2) is 4.98 Å². The van der Waals surface area contributed by atoms with Crippen LogP contribution < -0.4 is 5.73 Å². The molecule has 0 aliphatic heterocycles. The Balaban J connectivity index is 2.03. The zero-order valence-electron chi connectivity index (χ0n) is 10.6. The van der Waals surface area contributed by atoms with Crippen LogP contribution in [-0.4, -0.2) is 12.1 Å². The van der Waals surface area contributed by atoms with Crippen LogP contribution in [0.5, 0.6) is 0 Å². The van der Waals surface area contributed by atoms with Crippen molar-refractivity contribution in [3.05, 3.63) is 44.9 Å². The highest BCUT2D eigenvalue weighted by atomic mass is 35.5. The van der Waals surface area contributed by atoms with Crippen molar-refractivity contribution in [2.45, 2.75) is 23.8 Å². The summed E-state index contributed by atoms with van der Waals surface area (Å²) in [4.78, 5) is 6.81. The molecule has 0 unspecified atom stereocenters. The minimum Gasteiger partial charge on any atom is -0.378 e. The van der Waals surface area contributed by atoms with Gasteiger partial charge in [0.2, 0.25) is 0 Å². The number of ether oxygens (including phenoxy) is 1. The number of benzene rings is 1. The highest BCUT2D eigenvalue weighted by Crippen LogP contribution is 2.28. The van der Waals surface area contributed by atoms with Crippen LogP contribution in [0.2, 0.25) is 5.02 Å². The van der Waals surface area contributed by atoms with Gasteiger partial charge in [-0.2, -0.15) is 0 Å². The number of nitrogens with two attached hydrogens (primary N) is 1. The van der Waals surface area contributed by atoms with E-state index in [2.05, 4.69) is 4.98 Å². The molecule has 0 radical (unpaired) electrons. The molecule has 0 saturated carbocycles. The van der Waals surface area contributed by atoms with E-state index in [1.54, 1.807) is 30.2 Å². The first kappa shape index (κ1) is 14.8. The number of thiazole rings is 1. The van der Waals surface area contributed by atoms with E-state index < -0.39 is 0 Å². The predicted octanol–water partition coefficient (Wildman–Crippen LogP) is 3.69. The molecule has 1 aromatic heterocycles. The van der Waals surface area contributed by atoms with Crippen molar-refractivity contribution in [1.29, 1.82) is 0 Å². The molecule has 2 rings (SSSR count). The third-order valence-corrected chi connectivity index (χ3v) is 4.99. The van der Waals surface area contributed by atoms with Crippen molar-refractivity contribution in [1.82, 2.24) is 4.98 Å². The fourth-order valence-electron chi connectivity index (χ4n) is 1.61. The standard InChI is InChI=1S/C13H15ClN2OS2/c1-17-7-11-12(6-15)19-13(16-11)8-18-10-4-2-3-9(14)5-10/h2-5H,6-8,15H2,1H3. The number of methoxy groups -OCH3 is 1. The molecule has 6 heteroatoms. The Morgan fingerprint density at radius 3 is 3.00 bits per heavy atom. The number of hydrogen-bond acceptors (Lipinski definition) is 5. The summed E-state index contributed by atoms with van der Waals surface area (Å²) in [6.07, 6.45) is 0. The van der Waals surface area contributed by atoms with Crippen molar-refractivity contribution in [2.24, 2.45) is 5.73 Å². The molecule has 2 N–H and O–H groups in total. The maximum atomic E-state index is 5.96. The van der Waals surface area contributed by atoms with Crippen LogP contribution >= 0.6 is 34.7 Å². The Labute approximate surface area is 126 Å². The molecular weight excluding hydrogens is 300 g/mol. The van der Waals surface area contributed by atoms with Crippen LogP contribution in [0.3, 0.4) is 0 Å². The number of hydrogen-bond donors (Lipinski definition) is 1. The summed E-state index contributed by atoms with van der Waals surface area (Å²) in [7, 11) is 1.67. The number of nitrogens with zero attached hydrogens (tertiary/aromatic N) is 1. The SMILES string of the molecule is COCc1nc(CSc2cccc(Cl)c2)sc1CN. The van der Waals surface area contributed by atoms with Gasteiger partial charge in [0.25, 0.3) is 0 Å². The molecule has 0 amide bonds. The Hall–Kier alpha value is -0.590. The fraction of sp³-hybridized carbons (Fsp3) is 0.308. The Morgan fingerprint density at radius 2 is 2.32 bits per heavy atom. The highest BCUT2D eigenvalue weighted by Gasteiger charge is 2.10. The highest BCUT2D eigenvalue weighted by molar-refractivity contribution is 7.98. The number of aromatic nitrogens is 1. The average molecular weight is 315 g/mol. The molecule has 102 valence electrons. The molecule has 1 aromatic carbocycles. The molecule has 0 aliphatic carbocycles. The van der Waals surface area contributed by atoms with Gasteiger partial charge >= 0.3 is 0 Å². The zero-order valence-corrected chi connectivity index (χ0v) is 12.9. The molecule has 0 bridgehead atoms. The lowest BCUT2D eigenvalue weighted by Crippen LogP contribution is -1.99. The molecule has 0 spiro atoms. The fourth-order valence-corrected chi connectivity index (χ4v) is 3.76. The van der Waals surface area contributed by atoms with E-state index >= 15 is 0 Å². The summed E-state index contributed by atoms with van der Waals surface area (Å²) in [5.41, 5.74) is 6.67. The maximum absolute atomic E-state index is 5.96. The molecule has 0 fully saturated rings. The summed E-state index contributed by atoms with van der Waals surface area (Å²) in [5.74, 6) is 0.821. The van der Waals surface area contributed by atoms with Crippen LogP contribution in [0, 0.1) is 0 Å². The largest absolute Gasteiger partial charge is 0.378 e. The minimum absolute atomic E-state index is 0.512. The molecule has 0 atom stereocenters. The van der Waals surface area contributed by atoms with Crippen molar-refractivity contribution < 1.29 is 4.74 Å². The van der Waals surface area contributed by atoms with Crippen molar-refractivity contribution in [3.63, 3.8) is 0 Å². The van der Waals surface area contributed by atoms with E-state index in [0.29, 0.717) is 13.2 Å². The molecule has 1 heterocycles. The van der Waals surface area contributed by atoms with E-state index in [9.17, 15) is 0 Å². The van der Waals surface area contributed by atoms with Gasteiger partial charge < -0.3 is 10.5 Å². The third kappa shape index (κ3) is 4.19. The summed E-state index contributed by atoms with van der Waals surface area (Å²) in [5, 5.41) is 1.82. The van der Waals surface area contributed by atoms with Crippen LogP contribution in [0.1, 0.15) is 15.6 Å². The van der Waals surface area contributed by atoms with Gasteiger partial charge in [-0.1, -0.05) is 17.7 Å². The van der Waals surface area contributed by atoms with Crippen molar-refractivity contribution >= 4 is 34.7 Å². The van der Waals surface area contributed by atoms with Gasteiger partial charge in [0.1, 0.15) is 5.01 Å². The molecule has 3 nitrogen and oxygen atoms in total. The van der Waals surface area contributed by atoms with E-state index in [0.717, 1.165) is 31.2 Å². The predicted molar refractivity (Wildman–Crippen MR) is 81.7 cm³/mol. The summed E-state index contributed by atoms with van der Waals surface area (Å²) >= 11 is 9.33. The Kier molecular flexibility index (Phi) is 5.66. The molecule has 19 heavy (non-hydrogen) atoms. The van der Waals surface area contributed by atoms with Crippen LogP contribution in [-0.2, 0) is 23.6 Å². The normalized spacial score (nSPS) is 10.9. The van der Waals surface area contributed by atoms with E-state index in [-0.39, 0.29) is 0 Å². The Bertz CT molecular complexity index is 545. The quantitative estimate of drug-likeness (QED) is 0.826. The van der Waals surface area contributed by atoms with Crippen LogP contribution in [0.25, 0.3) is 0 Å². The van der Waals surface area contributed by atoms with Gasteiger partial charge in [0.15, 0.2) is 0 Å². The van der Waals surface area contributed by atoms with Gasteiger partial charge in [-0.05, 0) is 18.2 Å². The van der Waals surface area contributed by atoms with Gasteiger partial charge in [-0.15, -0.1) is 23.1 Å². The first-order chi connectivity index (χ1) is 9.22. The second kappa shape index (κ2) is 7.26. The molecule has 0 aliphatic rings. The second-order valence-corrected chi connectivity index (χ2v) is 6.51. The van der Waals surface area contributed by atoms with E-state index in [4.69, 9.17) is 22.1 Å². The number of halogens is 1. The van der Waals surface area contributed by atoms with E-state index in [1.807, 2.05) is 24.3 Å². The lowest BCUT2D eigenvalue weighted by Gasteiger charge is -1.99. The molecular formula is C13H15ClN2OS2. The summed E-state index contributed by atoms with van der Waals surface area (Å²) < 4.78 is 5.13. The maximum Gasteiger partial charge on any atom is 0.104 e. The van der Waals surface area contributed by atoms with Gasteiger partial charge in [-0.3, -0.25) is 0 Å². The number of rotatable bonds is 6. The first-order valence-corrected chi connectivity index (χ1v) is 7.95. The minimum atomic E-state index is 0.512. The van der Waals surface area contributed by atoms with Gasteiger partial charge in [0.05, 0.1) is 18.1 Å². The Morgan fingerprint density at radius 1 is 1.47 bits per heavy atom. The smallest absolute Gasteiger partial charge is 0.104 e. The first-order valence-electron chi connectivity index (χ1n) is 5.77. The molecule has 0 saturated heterocycles. The molecule has 2 aromatic rings. The lowest BCUT2D eigenvalue weighted by molar-refractivity contribution is 0.181. The zero-order chi connectivity index (χ0) is 13.7. The topological polar surface area (TPSA) is 48.1 Å². The average Bonchev–Trinajstić information content (AvgIpc) is 2.79. The van der Waals surface area contributed by atoms with Crippen LogP contribution in [0.4, 0.5) is 0 Å². The van der Waals surface area contributed by atoms with Gasteiger partial charge in [0, 0.05) is 28.4 Å². The van der Waals surface area contributed by atoms with E-state index in [1.165, 1.54) is 0 Å². The monoisotopic (exact) mass is 314 g/mol. The summed E-state index contributed by atoms with van der Waals surface area (Å²) in [6.45, 7) is 1.03. The lowest BCUT2D eigenvalue weighted by atomic mass is 10.4. The second-order valence-electron chi connectivity index (χ2n) is 3.86. The van der Waals surface area contributed by atoms with Crippen molar-refractivity contribution in [2.75, 3.05) is 7.11 Å².